The van der Waals surface area contributed by atoms with Gasteiger partial charge in [0.25, 0.3) is 5.91 Å². The summed E-state index contributed by atoms with van der Waals surface area (Å²) >= 11 is 0. The summed E-state index contributed by atoms with van der Waals surface area (Å²) in [5.74, 6) is -0.151. The molecule has 22 heavy (non-hydrogen) atoms. The second kappa shape index (κ2) is 7.41. The molecular formula is C18H20N2O2. The molecule has 0 saturated carbocycles. The quantitative estimate of drug-likeness (QED) is 0.876. The minimum atomic E-state index is -0.150. The highest BCUT2D eigenvalue weighted by Crippen LogP contribution is 2.15. The van der Waals surface area contributed by atoms with Crippen LogP contribution in [0.5, 0.6) is 0 Å². The zero-order chi connectivity index (χ0) is 15.9. The molecule has 0 aliphatic carbocycles. The average molecular weight is 296 g/mol. The van der Waals surface area contributed by atoms with Crippen LogP contribution in [0.4, 0.5) is 11.4 Å². The van der Waals surface area contributed by atoms with Gasteiger partial charge in [0.15, 0.2) is 0 Å². The van der Waals surface area contributed by atoms with Crippen LogP contribution in [0.3, 0.4) is 0 Å². The molecule has 0 fully saturated rings. The summed E-state index contributed by atoms with van der Waals surface area (Å²) in [4.78, 5) is 23.6. The number of hydrogen-bond acceptors (Lipinski definition) is 2. The van der Waals surface area contributed by atoms with Crippen molar-refractivity contribution in [1.82, 2.24) is 0 Å². The van der Waals surface area contributed by atoms with E-state index < -0.39 is 0 Å². The van der Waals surface area contributed by atoms with Crippen LogP contribution in [0.1, 0.15) is 35.7 Å². The van der Waals surface area contributed by atoms with E-state index in [1.165, 1.54) is 0 Å². The zero-order valence-corrected chi connectivity index (χ0v) is 12.8. The molecule has 0 spiro atoms. The molecule has 114 valence electrons. The van der Waals surface area contributed by atoms with Crippen LogP contribution in [-0.4, -0.2) is 11.8 Å². The molecule has 0 unspecified atom stereocenters. The minimum absolute atomic E-state index is 0.000981. The first-order valence-electron chi connectivity index (χ1n) is 7.36. The van der Waals surface area contributed by atoms with Crippen LogP contribution < -0.4 is 10.6 Å². The second-order valence-electron chi connectivity index (χ2n) is 5.20. The molecule has 0 atom stereocenters. The van der Waals surface area contributed by atoms with Gasteiger partial charge < -0.3 is 10.6 Å². The van der Waals surface area contributed by atoms with Crippen LogP contribution in [0.25, 0.3) is 0 Å². The number of aryl methyl sites for hydroxylation is 1. The average Bonchev–Trinajstić information content (AvgIpc) is 2.50. The summed E-state index contributed by atoms with van der Waals surface area (Å²) in [5, 5.41) is 5.64. The molecular weight excluding hydrogens is 276 g/mol. The Morgan fingerprint density at radius 2 is 1.41 bits per heavy atom. The van der Waals surface area contributed by atoms with Crippen LogP contribution >= 0.6 is 0 Å². The van der Waals surface area contributed by atoms with E-state index in [0.717, 1.165) is 17.7 Å². The van der Waals surface area contributed by atoms with Gasteiger partial charge in [0.2, 0.25) is 5.91 Å². The molecule has 0 heterocycles. The maximum absolute atomic E-state index is 12.1. The Morgan fingerprint density at radius 1 is 0.864 bits per heavy atom. The first kappa shape index (κ1) is 15.8. The van der Waals surface area contributed by atoms with Crippen molar-refractivity contribution in [2.75, 3.05) is 10.6 Å². The number of amides is 2. The molecule has 0 radical (unpaired) electrons. The lowest BCUT2D eigenvalue weighted by atomic mass is 10.1. The standard InChI is InChI=1S/C18H20N2O2/c1-3-4-17(21)19-15-9-11-16(12-10-15)20-18(22)14-7-5-13(2)6-8-14/h5-12H,3-4H2,1-2H3,(H,19,21)(H,20,22). The largest absolute Gasteiger partial charge is 0.326 e. The lowest BCUT2D eigenvalue weighted by Gasteiger charge is -2.08. The fraction of sp³-hybridized carbons (Fsp3) is 0.222. The Labute approximate surface area is 130 Å². The van der Waals surface area contributed by atoms with Crippen molar-refractivity contribution in [3.05, 3.63) is 59.7 Å². The van der Waals surface area contributed by atoms with Gasteiger partial charge >= 0.3 is 0 Å². The van der Waals surface area contributed by atoms with E-state index in [0.29, 0.717) is 17.7 Å². The Morgan fingerprint density at radius 3 is 1.95 bits per heavy atom. The Balaban J connectivity index is 1.97. The highest BCUT2D eigenvalue weighted by molar-refractivity contribution is 6.04. The number of hydrogen-bond donors (Lipinski definition) is 2. The van der Waals surface area contributed by atoms with Crippen LogP contribution in [0.15, 0.2) is 48.5 Å². The fourth-order valence-electron chi connectivity index (χ4n) is 2.00. The lowest BCUT2D eigenvalue weighted by Crippen LogP contribution is -2.12. The number of anilines is 2. The third-order valence-electron chi connectivity index (χ3n) is 3.22. The molecule has 2 rings (SSSR count). The molecule has 0 aliphatic rings. The van der Waals surface area contributed by atoms with Gasteiger partial charge in [0.1, 0.15) is 0 Å². The van der Waals surface area contributed by atoms with Crippen LogP contribution in [-0.2, 0) is 4.79 Å². The number of nitrogens with one attached hydrogen (secondary N) is 2. The van der Waals surface area contributed by atoms with Crippen molar-refractivity contribution >= 4 is 23.2 Å². The van der Waals surface area contributed by atoms with Crippen molar-refractivity contribution in [3.8, 4) is 0 Å². The first-order valence-corrected chi connectivity index (χ1v) is 7.36. The smallest absolute Gasteiger partial charge is 0.255 e. The molecule has 2 amide bonds. The number of carbonyl (C=O) groups is 2. The van der Waals surface area contributed by atoms with Crippen LogP contribution in [0.2, 0.25) is 0 Å². The van der Waals surface area contributed by atoms with Gasteiger partial charge in [-0.05, 0) is 49.7 Å². The molecule has 0 saturated heterocycles. The third kappa shape index (κ3) is 4.45. The van der Waals surface area contributed by atoms with Crippen molar-refractivity contribution in [2.45, 2.75) is 26.7 Å². The molecule has 4 heteroatoms. The van der Waals surface area contributed by atoms with Gasteiger partial charge in [0.05, 0.1) is 0 Å². The summed E-state index contributed by atoms with van der Waals surface area (Å²) in [6.07, 6.45) is 1.32. The van der Waals surface area contributed by atoms with E-state index in [9.17, 15) is 9.59 Å². The molecule has 2 aromatic rings. The molecule has 4 nitrogen and oxygen atoms in total. The second-order valence-corrected chi connectivity index (χ2v) is 5.20. The maximum Gasteiger partial charge on any atom is 0.255 e. The van der Waals surface area contributed by atoms with Crippen molar-refractivity contribution in [1.29, 1.82) is 0 Å². The molecule has 0 aromatic heterocycles. The summed E-state index contributed by atoms with van der Waals surface area (Å²) in [7, 11) is 0. The van der Waals surface area contributed by atoms with Gasteiger partial charge in [-0.15, -0.1) is 0 Å². The van der Waals surface area contributed by atoms with E-state index in [4.69, 9.17) is 0 Å². The monoisotopic (exact) mass is 296 g/mol. The molecule has 0 aliphatic heterocycles. The minimum Gasteiger partial charge on any atom is -0.326 e. The number of rotatable bonds is 5. The van der Waals surface area contributed by atoms with Crippen molar-refractivity contribution < 1.29 is 9.59 Å². The predicted molar refractivity (Wildman–Crippen MR) is 89.1 cm³/mol. The van der Waals surface area contributed by atoms with Crippen molar-refractivity contribution in [2.24, 2.45) is 0 Å². The molecule has 2 N–H and O–H groups in total. The van der Waals surface area contributed by atoms with Crippen LogP contribution in [0, 0.1) is 6.92 Å². The van der Waals surface area contributed by atoms with Gasteiger partial charge in [-0.3, -0.25) is 9.59 Å². The van der Waals surface area contributed by atoms with E-state index in [1.54, 1.807) is 36.4 Å². The Hall–Kier alpha value is -2.62. The third-order valence-corrected chi connectivity index (χ3v) is 3.22. The molecule has 0 bridgehead atoms. The zero-order valence-electron chi connectivity index (χ0n) is 12.8. The van der Waals surface area contributed by atoms with E-state index in [1.807, 2.05) is 26.0 Å². The van der Waals surface area contributed by atoms with Gasteiger partial charge in [-0.2, -0.15) is 0 Å². The Kier molecular flexibility index (Phi) is 5.31. The lowest BCUT2D eigenvalue weighted by molar-refractivity contribution is -0.116. The number of benzene rings is 2. The van der Waals surface area contributed by atoms with Gasteiger partial charge in [-0.1, -0.05) is 24.6 Å². The van der Waals surface area contributed by atoms with E-state index in [-0.39, 0.29) is 11.8 Å². The summed E-state index contributed by atoms with van der Waals surface area (Å²) in [6.45, 7) is 3.94. The fourth-order valence-corrected chi connectivity index (χ4v) is 2.00. The summed E-state index contributed by atoms with van der Waals surface area (Å²) in [5.41, 5.74) is 3.15. The first-order chi connectivity index (χ1) is 10.6. The highest BCUT2D eigenvalue weighted by Gasteiger charge is 2.06. The predicted octanol–water partition coefficient (Wildman–Crippen LogP) is 3.99. The topological polar surface area (TPSA) is 58.2 Å². The van der Waals surface area contributed by atoms with Gasteiger partial charge in [0, 0.05) is 23.4 Å². The maximum atomic E-state index is 12.1. The normalized spacial score (nSPS) is 10.1. The van der Waals surface area contributed by atoms with E-state index in [2.05, 4.69) is 10.6 Å². The van der Waals surface area contributed by atoms with Gasteiger partial charge in [-0.25, -0.2) is 0 Å². The summed E-state index contributed by atoms with van der Waals surface area (Å²) in [6, 6.07) is 14.5. The van der Waals surface area contributed by atoms with E-state index >= 15 is 0 Å². The summed E-state index contributed by atoms with van der Waals surface area (Å²) < 4.78 is 0. The number of carbonyl (C=O) groups excluding carboxylic acids is 2. The highest BCUT2D eigenvalue weighted by atomic mass is 16.2. The van der Waals surface area contributed by atoms with Crippen molar-refractivity contribution in [3.63, 3.8) is 0 Å². The molecule has 2 aromatic carbocycles. The SMILES string of the molecule is CCCC(=O)Nc1ccc(NC(=O)c2ccc(C)cc2)cc1. The Bertz CT molecular complexity index is 646.